The summed E-state index contributed by atoms with van der Waals surface area (Å²) in [5.41, 5.74) is 3.65. The van der Waals surface area contributed by atoms with Crippen molar-refractivity contribution in [3.05, 3.63) is 94.5 Å². The van der Waals surface area contributed by atoms with Crippen LogP contribution in [0.15, 0.2) is 72.8 Å². The van der Waals surface area contributed by atoms with Crippen LogP contribution in [-0.2, 0) is 11.2 Å². The van der Waals surface area contributed by atoms with Gasteiger partial charge >= 0.3 is 0 Å². The molecule has 0 saturated heterocycles. The molecule has 2 amide bonds. The van der Waals surface area contributed by atoms with Gasteiger partial charge in [-0.25, -0.2) is 0 Å². The highest BCUT2D eigenvalue weighted by molar-refractivity contribution is 6.31. The van der Waals surface area contributed by atoms with Crippen molar-refractivity contribution in [1.82, 2.24) is 9.80 Å². The summed E-state index contributed by atoms with van der Waals surface area (Å²) in [6.07, 6.45) is 2.21. The largest absolute Gasteiger partial charge is 0.491 e. The fourth-order valence-corrected chi connectivity index (χ4v) is 4.70. The second-order valence-corrected chi connectivity index (χ2v) is 9.97. The molecular weight excluding hydrogens is 486 g/mol. The van der Waals surface area contributed by atoms with E-state index in [1.165, 1.54) is 5.56 Å². The fraction of sp³-hybridized carbons (Fsp3) is 0.333. The molecule has 0 unspecified atom stereocenters. The van der Waals surface area contributed by atoms with Crippen molar-refractivity contribution in [3.8, 4) is 5.75 Å². The molecule has 0 radical (unpaired) electrons. The van der Waals surface area contributed by atoms with Crippen LogP contribution in [0.1, 0.15) is 34.3 Å². The Bertz CT molecular complexity index is 1200. The Kier molecular flexibility index (Phi) is 9.07. The molecule has 1 N–H and O–H groups in total. The third-order valence-electron chi connectivity index (χ3n) is 6.66. The molecule has 0 saturated carbocycles. The molecule has 3 aromatic carbocycles. The van der Waals surface area contributed by atoms with Crippen molar-refractivity contribution in [2.24, 2.45) is 0 Å². The van der Waals surface area contributed by atoms with E-state index in [2.05, 4.69) is 17.4 Å². The van der Waals surface area contributed by atoms with Gasteiger partial charge in [0.15, 0.2) is 0 Å². The summed E-state index contributed by atoms with van der Waals surface area (Å²) >= 11 is 6.22. The maximum absolute atomic E-state index is 13.6. The first-order chi connectivity index (χ1) is 17.9. The van der Waals surface area contributed by atoms with E-state index in [-0.39, 0.29) is 31.0 Å². The van der Waals surface area contributed by atoms with Gasteiger partial charge in [0.2, 0.25) is 5.91 Å². The lowest BCUT2D eigenvalue weighted by Crippen LogP contribution is -2.48. The highest BCUT2D eigenvalue weighted by Gasteiger charge is 2.27. The number of amides is 2. The van der Waals surface area contributed by atoms with Gasteiger partial charge in [0, 0.05) is 30.8 Å². The van der Waals surface area contributed by atoms with Crippen LogP contribution in [0.25, 0.3) is 0 Å². The number of fused-ring (bicyclic) bond motifs is 1. The summed E-state index contributed by atoms with van der Waals surface area (Å²) in [4.78, 5) is 30.3. The second-order valence-electron chi connectivity index (χ2n) is 9.54. The summed E-state index contributed by atoms with van der Waals surface area (Å²) in [6, 6.07) is 23.0. The van der Waals surface area contributed by atoms with E-state index in [1.54, 1.807) is 30.1 Å². The number of carbonyl (C=O) groups is 2. The van der Waals surface area contributed by atoms with Gasteiger partial charge < -0.3 is 19.9 Å². The number of ether oxygens (including phenoxy) is 1. The first kappa shape index (κ1) is 26.6. The Labute approximate surface area is 224 Å². The Balaban J connectivity index is 1.60. The van der Waals surface area contributed by atoms with E-state index in [9.17, 15) is 9.59 Å². The maximum Gasteiger partial charge on any atom is 0.257 e. The average Bonchev–Trinajstić information content (AvgIpc) is 2.90. The molecule has 1 aliphatic rings. The molecule has 4 rings (SSSR count). The molecule has 1 atom stereocenters. The van der Waals surface area contributed by atoms with E-state index < -0.39 is 0 Å². The predicted molar refractivity (Wildman–Crippen MR) is 148 cm³/mol. The first-order valence-electron chi connectivity index (χ1n) is 12.7. The molecule has 6 nitrogen and oxygen atoms in total. The van der Waals surface area contributed by atoms with Crippen molar-refractivity contribution >= 4 is 29.1 Å². The lowest BCUT2D eigenvalue weighted by Gasteiger charge is -2.33. The minimum Gasteiger partial charge on any atom is -0.491 e. The monoisotopic (exact) mass is 519 g/mol. The molecule has 0 spiro atoms. The van der Waals surface area contributed by atoms with Crippen LogP contribution >= 0.6 is 11.6 Å². The SMILES string of the molecule is Cc1ccc(NCC(=O)N2CCCCN(C)C(=O)c3cc(Cl)ccc3OC[C@@H]2Cc2ccccc2)cc1. The zero-order chi connectivity index (χ0) is 26.2. The Morgan fingerprint density at radius 3 is 2.51 bits per heavy atom. The number of nitrogens with one attached hydrogen (secondary N) is 1. The number of hydrogen-bond donors (Lipinski definition) is 1. The summed E-state index contributed by atoms with van der Waals surface area (Å²) in [7, 11) is 1.78. The molecule has 1 heterocycles. The molecule has 0 fully saturated rings. The Morgan fingerprint density at radius 2 is 1.76 bits per heavy atom. The first-order valence-corrected chi connectivity index (χ1v) is 13.1. The summed E-state index contributed by atoms with van der Waals surface area (Å²) in [5.74, 6) is 0.376. The number of hydrogen-bond acceptors (Lipinski definition) is 4. The Morgan fingerprint density at radius 1 is 1.03 bits per heavy atom. The number of anilines is 1. The number of rotatable bonds is 5. The Hall–Kier alpha value is -3.51. The maximum atomic E-state index is 13.6. The minimum atomic E-state index is -0.203. The highest BCUT2D eigenvalue weighted by Crippen LogP contribution is 2.26. The van der Waals surface area contributed by atoms with Gasteiger partial charge in [0.05, 0.1) is 18.2 Å². The molecule has 0 bridgehead atoms. The van der Waals surface area contributed by atoms with Gasteiger partial charge in [-0.05, 0) is 62.1 Å². The van der Waals surface area contributed by atoms with E-state index in [1.807, 2.05) is 54.3 Å². The van der Waals surface area contributed by atoms with Crippen molar-refractivity contribution in [2.45, 2.75) is 32.2 Å². The van der Waals surface area contributed by atoms with Crippen LogP contribution in [0.5, 0.6) is 5.75 Å². The second kappa shape index (κ2) is 12.6. The zero-order valence-corrected chi connectivity index (χ0v) is 22.2. The van der Waals surface area contributed by atoms with Gasteiger partial charge in [-0.15, -0.1) is 0 Å². The van der Waals surface area contributed by atoms with Crippen LogP contribution in [0.4, 0.5) is 5.69 Å². The summed E-state index contributed by atoms with van der Waals surface area (Å²) in [6.45, 7) is 3.66. The molecular formula is C30H34ClN3O3. The highest BCUT2D eigenvalue weighted by atomic mass is 35.5. The normalized spacial score (nSPS) is 16.7. The average molecular weight is 520 g/mol. The third kappa shape index (κ3) is 7.26. The number of halogens is 1. The van der Waals surface area contributed by atoms with Crippen LogP contribution in [0.3, 0.4) is 0 Å². The standard InChI is InChI=1S/C30H34ClN3O3/c1-22-10-13-25(14-11-22)32-20-29(35)34-17-7-6-16-33(2)30(36)27-19-24(31)12-15-28(27)37-21-26(34)18-23-8-4-3-5-9-23/h3-5,8-15,19,26,32H,6-7,16-18,20-21H2,1-2H3/t26-/m0/s1. The molecule has 194 valence electrons. The van der Waals surface area contributed by atoms with Crippen LogP contribution < -0.4 is 10.1 Å². The van der Waals surface area contributed by atoms with Crippen molar-refractivity contribution in [3.63, 3.8) is 0 Å². The van der Waals surface area contributed by atoms with Gasteiger partial charge in [-0.1, -0.05) is 59.6 Å². The van der Waals surface area contributed by atoms with Crippen molar-refractivity contribution in [1.29, 1.82) is 0 Å². The van der Waals surface area contributed by atoms with Crippen LogP contribution in [0, 0.1) is 6.92 Å². The van der Waals surface area contributed by atoms with Crippen LogP contribution in [0.2, 0.25) is 5.02 Å². The van der Waals surface area contributed by atoms with Crippen molar-refractivity contribution < 1.29 is 14.3 Å². The summed E-state index contributed by atoms with van der Waals surface area (Å²) in [5, 5.41) is 3.76. The van der Waals surface area contributed by atoms with Gasteiger partial charge in [-0.2, -0.15) is 0 Å². The van der Waals surface area contributed by atoms with E-state index in [4.69, 9.17) is 16.3 Å². The quantitative estimate of drug-likeness (QED) is 0.487. The molecule has 1 aliphatic heterocycles. The van der Waals surface area contributed by atoms with Crippen molar-refractivity contribution in [2.75, 3.05) is 38.6 Å². The smallest absolute Gasteiger partial charge is 0.257 e. The number of nitrogens with zero attached hydrogens (tertiary/aromatic N) is 2. The lowest BCUT2D eigenvalue weighted by atomic mass is 10.0. The minimum absolute atomic E-state index is 0.0166. The fourth-order valence-electron chi connectivity index (χ4n) is 4.53. The molecule has 37 heavy (non-hydrogen) atoms. The van der Waals surface area contributed by atoms with E-state index in [0.29, 0.717) is 35.8 Å². The van der Waals surface area contributed by atoms with E-state index in [0.717, 1.165) is 24.1 Å². The topological polar surface area (TPSA) is 61.9 Å². The van der Waals surface area contributed by atoms with Crippen LogP contribution in [-0.4, -0.2) is 60.9 Å². The number of aryl methyl sites for hydroxylation is 1. The predicted octanol–water partition coefficient (Wildman–Crippen LogP) is 5.45. The number of carbonyl (C=O) groups excluding carboxylic acids is 2. The molecule has 7 heteroatoms. The summed E-state index contributed by atoms with van der Waals surface area (Å²) < 4.78 is 6.25. The molecule has 0 aliphatic carbocycles. The lowest BCUT2D eigenvalue weighted by molar-refractivity contribution is -0.132. The number of benzene rings is 3. The third-order valence-corrected chi connectivity index (χ3v) is 6.90. The van der Waals surface area contributed by atoms with E-state index >= 15 is 0 Å². The molecule has 3 aromatic rings. The van der Waals surface area contributed by atoms with Gasteiger partial charge in [-0.3, -0.25) is 9.59 Å². The molecule has 0 aromatic heterocycles. The van der Waals surface area contributed by atoms with Gasteiger partial charge in [0.25, 0.3) is 5.91 Å². The zero-order valence-electron chi connectivity index (χ0n) is 21.5. The van der Waals surface area contributed by atoms with Gasteiger partial charge in [0.1, 0.15) is 12.4 Å².